The minimum absolute atomic E-state index is 0.0293. The van der Waals surface area contributed by atoms with Crippen LogP contribution in [0.2, 0.25) is 0 Å². The monoisotopic (exact) mass is 505 g/mol. The second-order valence-corrected chi connectivity index (χ2v) is 9.11. The molecule has 30 heavy (non-hydrogen) atoms. The van der Waals surface area contributed by atoms with Gasteiger partial charge in [-0.05, 0) is 76.0 Å². The van der Waals surface area contributed by atoms with E-state index in [4.69, 9.17) is 9.77 Å². The summed E-state index contributed by atoms with van der Waals surface area (Å²) >= 11 is 3.09. The maximum atomic E-state index is 13.4. The summed E-state index contributed by atoms with van der Waals surface area (Å²) in [6.45, 7) is 0.546. The van der Waals surface area contributed by atoms with Crippen LogP contribution < -0.4 is 20.5 Å². The van der Waals surface area contributed by atoms with Crippen LogP contribution in [-0.4, -0.2) is 42.4 Å². The summed E-state index contributed by atoms with van der Waals surface area (Å²) in [7, 11) is -3.70. The number of nitrogens with one attached hydrogen (secondary N) is 3. The number of hydrogen-bond acceptors (Lipinski definition) is 8. The van der Waals surface area contributed by atoms with Gasteiger partial charge in [-0.1, -0.05) is 5.16 Å². The number of benzene rings is 1. The van der Waals surface area contributed by atoms with Crippen LogP contribution in [0.3, 0.4) is 0 Å². The summed E-state index contributed by atoms with van der Waals surface area (Å²) in [5, 5.41) is 31.1. The molecule has 1 aromatic carbocycles. The van der Waals surface area contributed by atoms with Gasteiger partial charge in [0.25, 0.3) is 10.2 Å². The fourth-order valence-corrected chi connectivity index (χ4v) is 4.34. The summed E-state index contributed by atoms with van der Waals surface area (Å²) < 4.78 is 43.1. The smallest absolute Gasteiger partial charge is 0.274 e. The second-order valence-electron chi connectivity index (χ2n) is 6.93. The molecule has 0 spiro atoms. The van der Waals surface area contributed by atoms with Crippen LogP contribution in [0, 0.1) is 11.7 Å². The van der Waals surface area contributed by atoms with Crippen molar-refractivity contribution in [3.05, 3.63) is 34.2 Å². The van der Waals surface area contributed by atoms with Crippen molar-refractivity contribution in [2.45, 2.75) is 31.7 Å². The quantitative estimate of drug-likeness (QED) is 0.164. The number of hydrogen-bond donors (Lipinski definition) is 5. The molecule has 0 bridgehead atoms. The van der Waals surface area contributed by atoms with Gasteiger partial charge in [0.15, 0.2) is 5.69 Å². The van der Waals surface area contributed by atoms with Gasteiger partial charge in [-0.15, -0.1) is 0 Å². The summed E-state index contributed by atoms with van der Waals surface area (Å²) in [6, 6.07) is 4.05. The Kier molecular flexibility index (Phi) is 7.23. The summed E-state index contributed by atoms with van der Waals surface area (Å²) in [5.41, 5.74) is 0.619. The number of rotatable bonds is 7. The topological polar surface area (TPSA) is 168 Å². The molecule has 1 heterocycles. The van der Waals surface area contributed by atoms with Crippen molar-refractivity contribution in [1.29, 1.82) is 0 Å². The summed E-state index contributed by atoms with van der Waals surface area (Å²) in [4.78, 5) is 0. The molecule has 0 aliphatic heterocycles. The highest BCUT2D eigenvalue weighted by atomic mass is 79.9. The second kappa shape index (κ2) is 9.68. The lowest BCUT2D eigenvalue weighted by Crippen LogP contribution is -2.41. The molecule has 2 aromatic rings. The first-order valence-corrected chi connectivity index (χ1v) is 11.4. The van der Waals surface area contributed by atoms with Crippen LogP contribution >= 0.6 is 15.9 Å². The lowest BCUT2D eigenvalue weighted by molar-refractivity contribution is 0.303. The Bertz CT molecular complexity index is 1010. The predicted molar refractivity (Wildman–Crippen MR) is 111 cm³/mol. The zero-order chi connectivity index (χ0) is 21.7. The van der Waals surface area contributed by atoms with E-state index in [1.54, 1.807) is 0 Å². The van der Waals surface area contributed by atoms with Gasteiger partial charge in [-0.25, -0.2) is 14.2 Å². The molecule has 164 valence electrons. The first-order chi connectivity index (χ1) is 14.2. The molecule has 3 rings (SSSR count). The molecule has 0 saturated heterocycles. The Morgan fingerprint density at radius 2 is 2.07 bits per heavy atom. The fraction of sp³-hybridized carbons (Fsp3) is 0.438. The Morgan fingerprint density at radius 1 is 1.33 bits per heavy atom. The third-order valence-corrected chi connectivity index (χ3v) is 6.00. The molecule has 1 aliphatic carbocycles. The Morgan fingerprint density at radius 3 is 2.70 bits per heavy atom. The minimum Gasteiger partial charge on any atom is -0.409 e. The van der Waals surface area contributed by atoms with Crippen molar-refractivity contribution in [2.24, 2.45) is 16.2 Å². The highest BCUT2D eigenvalue weighted by Gasteiger charge is 2.25. The third kappa shape index (κ3) is 6.10. The molecular weight excluding hydrogens is 485 g/mol. The average molecular weight is 506 g/mol. The van der Waals surface area contributed by atoms with Gasteiger partial charge in [0, 0.05) is 18.3 Å². The molecule has 1 fully saturated rings. The average Bonchev–Trinajstić information content (AvgIpc) is 3.15. The molecule has 14 heteroatoms. The van der Waals surface area contributed by atoms with Crippen LogP contribution in [0.1, 0.15) is 31.4 Å². The van der Waals surface area contributed by atoms with Crippen LogP contribution in [0.25, 0.3) is 0 Å². The molecule has 1 saturated carbocycles. The molecule has 0 amide bonds. The molecule has 11 nitrogen and oxygen atoms in total. The van der Waals surface area contributed by atoms with Crippen molar-refractivity contribution < 1.29 is 22.6 Å². The standard InChI is InChI=1S/C16H21BrFN7O4S/c17-12-7-11(5-6-13(12)18)21-16(22-26)14-15(24-29-23-14)20-8-9-1-3-10(4-2-9)25-30(19,27)28/h5-7,9-10,25-26H,1-4,8H2,(H,20,24)(H,21,22)(H2,19,27,28)/t9-,10-. The van der Waals surface area contributed by atoms with Gasteiger partial charge in [0.05, 0.1) is 4.47 Å². The fourth-order valence-electron chi connectivity index (χ4n) is 3.26. The zero-order valence-corrected chi connectivity index (χ0v) is 18.1. The molecular formula is C16H21BrFN7O4S. The number of nitrogens with zero attached hydrogens (tertiary/aromatic N) is 3. The largest absolute Gasteiger partial charge is 0.409 e. The highest BCUT2D eigenvalue weighted by Crippen LogP contribution is 2.26. The van der Waals surface area contributed by atoms with Crippen LogP contribution in [0.4, 0.5) is 15.9 Å². The Hall–Kier alpha value is -2.29. The van der Waals surface area contributed by atoms with Crippen molar-refractivity contribution in [1.82, 2.24) is 15.0 Å². The van der Waals surface area contributed by atoms with Crippen LogP contribution in [0.5, 0.6) is 0 Å². The van der Waals surface area contributed by atoms with Crippen molar-refractivity contribution >= 4 is 43.5 Å². The van der Waals surface area contributed by atoms with Gasteiger partial charge in [0.1, 0.15) is 5.82 Å². The predicted octanol–water partition coefficient (Wildman–Crippen LogP) is 1.98. The van der Waals surface area contributed by atoms with E-state index in [1.165, 1.54) is 18.2 Å². The van der Waals surface area contributed by atoms with Gasteiger partial charge in [-0.3, -0.25) is 0 Å². The summed E-state index contributed by atoms with van der Waals surface area (Å²) in [5.74, 6) is 0.102. The van der Waals surface area contributed by atoms with Gasteiger partial charge < -0.3 is 15.8 Å². The first-order valence-electron chi connectivity index (χ1n) is 9.06. The Balaban J connectivity index is 1.58. The van der Waals surface area contributed by atoms with Crippen LogP contribution in [0.15, 0.2) is 32.5 Å². The molecule has 6 N–H and O–H groups in total. The van der Waals surface area contributed by atoms with Crippen LogP contribution in [-0.2, 0) is 10.2 Å². The normalized spacial score (nSPS) is 20.2. The molecule has 0 radical (unpaired) electrons. The van der Waals surface area contributed by atoms with E-state index >= 15 is 0 Å². The number of halogens is 2. The first kappa shape index (κ1) is 22.4. The van der Waals surface area contributed by atoms with E-state index in [-0.39, 0.29) is 33.8 Å². The number of aromatic nitrogens is 2. The highest BCUT2D eigenvalue weighted by molar-refractivity contribution is 9.10. The number of amidine groups is 1. The van der Waals surface area contributed by atoms with Crippen molar-refractivity contribution in [2.75, 3.05) is 17.2 Å². The number of nitrogens with two attached hydrogens (primary N) is 1. The lowest BCUT2D eigenvalue weighted by atomic mass is 9.86. The van der Waals surface area contributed by atoms with E-state index in [9.17, 15) is 18.0 Å². The molecule has 0 unspecified atom stereocenters. The van der Waals surface area contributed by atoms with E-state index in [1.807, 2.05) is 0 Å². The van der Waals surface area contributed by atoms with Gasteiger partial charge in [0.2, 0.25) is 11.7 Å². The zero-order valence-electron chi connectivity index (χ0n) is 15.7. The van der Waals surface area contributed by atoms with Crippen molar-refractivity contribution in [3.63, 3.8) is 0 Å². The van der Waals surface area contributed by atoms with E-state index in [0.717, 1.165) is 12.8 Å². The SMILES string of the molecule is NS(=O)(=O)N[C@H]1CC[C@H](CNc2nonc2C(=NO)Nc2ccc(F)c(Br)c2)CC1. The van der Waals surface area contributed by atoms with Gasteiger partial charge >= 0.3 is 0 Å². The third-order valence-electron chi connectivity index (χ3n) is 4.73. The van der Waals surface area contributed by atoms with E-state index < -0.39 is 16.0 Å². The van der Waals surface area contributed by atoms with E-state index in [0.29, 0.717) is 25.1 Å². The van der Waals surface area contributed by atoms with Crippen molar-refractivity contribution in [3.8, 4) is 0 Å². The molecule has 1 aromatic heterocycles. The molecule has 0 atom stereocenters. The Labute approximate surface area is 180 Å². The molecule has 1 aliphatic rings. The lowest BCUT2D eigenvalue weighted by Gasteiger charge is -2.28. The maximum absolute atomic E-state index is 13.4. The maximum Gasteiger partial charge on any atom is 0.274 e. The van der Waals surface area contributed by atoms with E-state index in [2.05, 4.69) is 46.8 Å². The van der Waals surface area contributed by atoms with Gasteiger partial charge in [-0.2, -0.15) is 13.1 Å². The number of oxime groups is 1. The minimum atomic E-state index is -3.70. The number of anilines is 2. The summed E-state index contributed by atoms with van der Waals surface area (Å²) in [6.07, 6.45) is 2.95.